The highest BCUT2D eigenvalue weighted by molar-refractivity contribution is 7.99. The molecule has 2 aromatic carbocycles. The number of aryl methyl sites for hydroxylation is 1. The maximum atomic E-state index is 12.3. The summed E-state index contributed by atoms with van der Waals surface area (Å²) in [5.41, 5.74) is 1.83. The monoisotopic (exact) mass is 420 g/mol. The Balaban J connectivity index is 1.31. The highest BCUT2D eigenvalue weighted by atomic mass is 32.2. The Hall–Kier alpha value is -3.52. The smallest absolute Gasteiger partial charge is 0.234 e. The number of rotatable bonds is 7. The van der Waals surface area contributed by atoms with Crippen molar-refractivity contribution in [2.45, 2.75) is 12.1 Å². The molecule has 0 unspecified atom stereocenters. The highest BCUT2D eigenvalue weighted by Crippen LogP contribution is 2.25. The predicted molar refractivity (Wildman–Crippen MR) is 116 cm³/mol. The minimum atomic E-state index is -0.130. The van der Waals surface area contributed by atoms with Crippen LogP contribution in [0, 0.1) is 6.92 Å². The summed E-state index contributed by atoms with van der Waals surface area (Å²) in [5.74, 6) is 2.82. The van der Waals surface area contributed by atoms with Gasteiger partial charge in [0.1, 0.15) is 11.5 Å². The fourth-order valence-corrected chi connectivity index (χ4v) is 3.52. The van der Waals surface area contributed by atoms with Gasteiger partial charge in [-0.2, -0.15) is 0 Å². The van der Waals surface area contributed by atoms with Crippen molar-refractivity contribution in [3.05, 3.63) is 72.5 Å². The lowest BCUT2D eigenvalue weighted by Gasteiger charge is -2.08. The first kappa shape index (κ1) is 19.8. The van der Waals surface area contributed by atoms with Gasteiger partial charge in [0.25, 0.3) is 0 Å². The lowest BCUT2D eigenvalue weighted by molar-refractivity contribution is -0.113. The third-order valence-electron chi connectivity index (χ3n) is 4.27. The highest BCUT2D eigenvalue weighted by Gasteiger charge is 2.14. The molecule has 4 rings (SSSR count). The Bertz CT molecular complexity index is 1140. The van der Waals surface area contributed by atoms with Gasteiger partial charge in [-0.25, -0.2) is 0 Å². The molecule has 0 fully saturated rings. The van der Waals surface area contributed by atoms with Crippen LogP contribution in [-0.2, 0) is 11.8 Å². The van der Waals surface area contributed by atoms with Gasteiger partial charge in [-0.1, -0.05) is 23.9 Å². The Labute approximate surface area is 178 Å². The van der Waals surface area contributed by atoms with Gasteiger partial charge in [0.05, 0.1) is 12.0 Å². The summed E-state index contributed by atoms with van der Waals surface area (Å²) >= 11 is 1.31. The van der Waals surface area contributed by atoms with E-state index >= 15 is 0 Å². The summed E-state index contributed by atoms with van der Waals surface area (Å²) in [4.78, 5) is 12.3. The topological polar surface area (TPSA) is 82.2 Å². The van der Waals surface area contributed by atoms with Crippen molar-refractivity contribution in [3.8, 4) is 23.1 Å². The van der Waals surface area contributed by atoms with Crippen molar-refractivity contribution in [2.24, 2.45) is 7.05 Å². The lowest BCUT2D eigenvalue weighted by atomic mass is 10.2. The van der Waals surface area contributed by atoms with E-state index in [1.54, 1.807) is 16.9 Å². The molecule has 0 aliphatic heterocycles. The summed E-state index contributed by atoms with van der Waals surface area (Å²) < 4.78 is 13.0. The average molecular weight is 420 g/mol. The number of hydrogen-bond acceptors (Lipinski definition) is 6. The average Bonchev–Trinajstić information content (AvgIpc) is 3.38. The molecule has 1 amide bonds. The molecule has 0 saturated heterocycles. The lowest BCUT2D eigenvalue weighted by Crippen LogP contribution is -2.14. The number of nitrogens with one attached hydrogen (secondary N) is 1. The molecule has 0 saturated carbocycles. The number of carbonyl (C=O) groups excluding carboxylic acids is 1. The number of carbonyl (C=O) groups is 1. The number of amides is 1. The second-order valence-electron chi connectivity index (χ2n) is 6.62. The van der Waals surface area contributed by atoms with Gasteiger partial charge in [0.15, 0.2) is 16.7 Å². The first-order valence-electron chi connectivity index (χ1n) is 9.29. The van der Waals surface area contributed by atoms with E-state index in [2.05, 4.69) is 15.5 Å². The maximum absolute atomic E-state index is 12.3. The molecule has 0 aliphatic rings. The molecule has 2 aromatic heterocycles. The molecular weight excluding hydrogens is 400 g/mol. The van der Waals surface area contributed by atoms with E-state index in [-0.39, 0.29) is 11.7 Å². The SMILES string of the molecule is Cc1cccc(Oc2ccc(NC(=O)CSc3nnc(-c4ccco4)n3C)cc2)c1. The van der Waals surface area contributed by atoms with Crippen molar-refractivity contribution in [2.75, 3.05) is 11.1 Å². The summed E-state index contributed by atoms with van der Waals surface area (Å²) in [6.07, 6.45) is 1.58. The maximum Gasteiger partial charge on any atom is 0.234 e. The molecule has 0 aliphatic carbocycles. The number of ether oxygens (including phenoxy) is 1. The summed E-state index contributed by atoms with van der Waals surface area (Å²) in [7, 11) is 1.84. The largest absolute Gasteiger partial charge is 0.461 e. The molecule has 8 heteroatoms. The molecule has 30 heavy (non-hydrogen) atoms. The van der Waals surface area contributed by atoms with E-state index in [1.807, 2.05) is 68.6 Å². The second kappa shape index (κ2) is 8.87. The molecular formula is C22H20N4O3S. The number of anilines is 1. The van der Waals surface area contributed by atoms with Crippen LogP contribution in [-0.4, -0.2) is 26.4 Å². The van der Waals surface area contributed by atoms with Crippen LogP contribution in [0.5, 0.6) is 11.5 Å². The number of furan rings is 1. The number of nitrogens with zero attached hydrogens (tertiary/aromatic N) is 3. The van der Waals surface area contributed by atoms with Crippen LogP contribution < -0.4 is 10.1 Å². The zero-order valence-corrected chi connectivity index (χ0v) is 17.3. The third kappa shape index (κ3) is 4.72. The van der Waals surface area contributed by atoms with E-state index in [4.69, 9.17) is 9.15 Å². The fourth-order valence-electron chi connectivity index (χ4n) is 2.81. The van der Waals surface area contributed by atoms with E-state index in [0.29, 0.717) is 28.2 Å². The Morgan fingerprint density at radius 2 is 1.93 bits per heavy atom. The van der Waals surface area contributed by atoms with Gasteiger partial charge in [-0.3, -0.25) is 4.79 Å². The summed E-state index contributed by atoms with van der Waals surface area (Å²) in [6, 6.07) is 18.7. The van der Waals surface area contributed by atoms with Gasteiger partial charge in [-0.15, -0.1) is 10.2 Å². The van der Waals surface area contributed by atoms with Gasteiger partial charge in [0.2, 0.25) is 5.91 Å². The van der Waals surface area contributed by atoms with Gasteiger partial charge < -0.3 is 19.0 Å². The van der Waals surface area contributed by atoms with E-state index < -0.39 is 0 Å². The zero-order chi connectivity index (χ0) is 20.9. The number of benzene rings is 2. The normalized spacial score (nSPS) is 10.7. The number of thioether (sulfide) groups is 1. The van der Waals surface area contributed by atoms with E-state index in [1.165, 1.54) is 11.8 Å². The molecule has 0 atom stereocenters. The Morgan fingerprint density at radius 1 is 1.10 bits per heavy atom. The van der Waals surface area contributed by atoms with Gasteiger partial charge >= 0.3 is 0 Å². The molecule has 0 radical (unpaired) electrons. The van der Waals surface area contributed by atoms with E-state index in [0.717, 1.165) is 11.3 Å². The van der Waals surface area contributed by atoms with Crippen LogP contribution in [0.25, 0.3) is 11.6 Å². The van der Waals surface area contributed by atoms with Crippen molar-refractivity contribution in [1.29, 1.82) is 0 Å². The summed E-state index contributed by atoms with van der Waals surface area (Å²) in [5, 5.41) is 11.8. The van der Waals surface area contributed by atoms with Crippen LogP contribution in [0.4, 0.5) is 5.69 Å². The molecule has 7 nitrogen and oxygen atoms in total. The molecule has 2 heterocycles. The molecule has 0 bridgehead atoms. The molecule has 152 valence electrons. The van der Waals surface area contributed by atoms with Crippen molar-refractivity contribution >= 4 is 23.4 Å². The summed E-state index contributed by atoms with van der Waals surface area (Å²) in [6.45, 7) is 2.02. The fraction of sp³-hybridized carbons (Fsp3) is 0.136. The molecule has 4 aromatic rings. The van der Waals surface area contributed by atoms with Gasteiger partial charge in [-0.05, 0) is 61.0 Å². The van der Waals surface area contributed by atoms with Crippen LogP contribution in [0.15, 0.2) is 76.5 Å². The van der Waals surface area contributed by atoms with Crippen molar-refractivity contribution in [3.63, 3.8) is 0 Å². The van der Waals surface area contributed by atoms with Crippen molar-refractivity contribution < 1.29 is 13.9 Å². The quantitative estimate of drug-likeness (QED) is 0.428. The van der Waals surface area contributed by atoms with Crippen LogP contribution in [0.1, 0.15) is 5.56 Å². The standard InChI is InChI=1S/C22H20N4O3S/c1-15-5-3-6-18(13-15)29-17-10-8-16(9-11-17)23-20(27)14-30-22-25-24-21(26(22)2)19-7-4-12-28-19/h3-13H,14H2,1-2H3,(H,23,27). The number of hydrogen-bond donors (Lipinski definition) is 1. The Morgan fingerprint density at radius 3 is 2.67 bits per heavy atom. The first-order valence-corrected chi connectivity index (χ1v) is 10.3. The van der Waals surface area contributed by atoms with Crippen LogP contribution >= 0.6 is 11.8 Å². The third-order valence-corrected chi connectivity index (χ3v) is 5.29. The number of aromatic nitrogens is 3. The molecule has 1 N–H and O–H groups in total. The zero-order valence-electron chi connectivity index (χ0n) is 16.5. The minimum absolute atomic E-state index is 0.130. The van der Waals surface area contributed by atoms with Crippen LogP contribution in [0.2, 0.25) is 0 Å². The van der Waals surface area contributed by atoms with Crippen LogP contribution in [0.3, 0.4) is 0 Å². The van der Waals surface area contributed by atoms with E-state index in [9.17, 15) is 4.79 Å². The second-order valence-corrected chi connectivity index (χ2v) is 7.56. The van der Waals surface area contributed by atoms with Gasteiger partial charge in [0, 0.05) is 12.7 Å². The first-order chi connectivity index (χ1) is 14.6. The predicted octanol–water partition coefficient (Wildman–Crippen LogP) is 4.91. The molecule has 0 spiro atoms. The van der Waals surface area contributed by atoms with Crippen molar-refractivity contribution in [1.82, 2.24) is 14.8 Å². The minimum Gasteiger partial charge on any atom is -0.461 e. The Kier molecular flexibility index (Phi) is 5.85.